The van der Waals surface area contributed by atoms with Gasteiger partial charge in [-0.1, -0.05) is 0 Å². The largest absolute Gasteiger partial charge is 0.573 e. The zero-order valence-electron chi connectivity index (χ0n) is 24.1. The minimum absolute atomic E-state index is 0.322. The molecule has 1 aromatic carbocycles. The van der Waals surface area contributed by atoms with Gasteiger partial charge in [0, 0.05) is 61.6 Å². The molecule has 2 aromatic heterocycles. The number of nitrogens with zero attached hydrogens (tertiary/aromatic N) is 5. The van der Waals surface area contributed by atoms with Crippen molar-refractivity contribution in [3.05, 3.63) is 42.6 Å². The Balaban J connectivity index is 1.53. The maximum atomic E-state index is 12.9. The first-order valence-electron chi connectivity index (χ1n) is 13.6. The summed E-state index contributed by atoms with van der Waals surface area (Å²) in [6, 6.07) is 9.84. The Kier molecular flexibility index (Phi) is 9.11. The lowest BCUT2D eigenvalue weighted by Crippen LogP contribution is -2.50. The number of hydrogen-bond acceptors (Lipinski definition) is 8. The first-order chi connectivity index (χ1) is 19.3. The summed E-state index contributed by atoms with van der Waals surface area (Å²) in [4.78, 5) is 27.5. The number of pyridine rings is 2. The van der Waals surface area contributed by atoms with Gasteiger partial charge in [0.1, 0.15) is 17.2 Å². The fourth-order valence-corrected chi connectivity index (χ4v) is 4.49. The molecular weight excluding hydrogens is 537 g/mol. The number of carbonyl (C=O) groups excluding carboxylic acids is 1. The van der Waals surface area contributed by atoms with E-state index in [1.165, 1.54) is 12.1 Å². The molecule has 1 amide bonds. The summed E-state index contributed by atoms with van der Waals surface area (Å²) in [6.07, 6.45) is -2.52. The van der Waals surface area contributed by atoms with Crippen LogP contribution in [0.5, 0.6) is 5.75 Å². The molecule has 1 N–H and O–H groups in total. The van der Waals surface area contributed by atoms with E-state index in [2.05, 4.69) is 29.8 Å². The number of benzene rings is 1. The molecule has 0 spiro atoms. The molecule has 0 bridgehead atoms. The smallest absolute Gasteiger partial charge is 0.444 e. The Morgan fingerprint density at radius 2 is 1.78 bits per heavy atom. The normalized spacial score (nSPS) is 14.5. The summed E-state index contributed by atoms with van der Waals surface area (Å²) in [5.41, 5.74) is 1.90. The number of carbonyl (C=O) groups is 1. The first-order valence-corrected chi connectivity index (χ1v) is 13.6. The van der Waals surface area contributed by atoms with Crippen molar-refractivity contribution >= 4 is 28.5 Å². The predicted octanol–water partition coefficient (Wildman–Crippen LogP) is 5.62. The van der Waals surface area contributed by atoms with Gasteiger partial charge in [-0.2, -0.15) is 0 Å². The van der Waals surface area contributed by atoms with Crippen LogP contribution in [0, 0.1) is 0 Å². The Bertz CT molecular complexity index is 1330. The van der Waals surface area contributed by atoms with Crippen LogP contribution < -0.4 is 15.0 Å². The van der Waals surface area contributed by atoms with Crippen LogP contribution in [0.3, 0.4) is 0 Å². The van der Waals surface area contributed by atoms with Gasteiger partial charge in [-0.25, -0.2) is 14.8 Å². The van der Waals surface area contributed by atoms with E-state index >= 15 is 0 Å². The van der Waals surface area contributed by atoms with Crippen molar-refractivity contribution in [3.63, 3.8) is 0 Å². The SMILES string of the molecule is CN(C)CCCNc1cc(-c2ccc(N3CCN(C(=O)OC(C)(C)C)CC3)nc2)nc2cc(OC(F)(F)F)ccc12. The number of nitrogens with one attached hydrogen (secondary N) is 1. The van der Waals surface area contributed by atoms with Gasteiger partial charge in [-0.15, -0.1) is 13.2 Å². The van der Waals surface area contributed by atoms with Crippen LogP contribution in [-0.4, -0.2) is 91.2 Å². The maximum absolute atomic E-state index is 12.9. The van der Waals surface area contributed by atoms with Gasteiger partial charge in [-0.05, 0) is 78.2 Å². The third kappa shape index (κ3) is 8.59. The number of alkyl halides is 3. The molecule has 222 valence electrons. The maximum Gasteiger partial charge on any atom is 0.573 e. The summed E-state index contributed by atoms with van der Waals surface area (Å²) >= 11 is 0. The lowest BCUT2D eigenvalue weighted by molar-refractivity contribution is -0.274. The van der Waals surface area contributed by atoms with E-state index < -0.39 is 12.0 Å². The van der Waals surface area contributed by atoms with Crippen LogP contribution in [0.4, 0.5) is 29.5 Å². The zero-order chi connectivity index (χ0) is 29.8. The molecule has 1 aliphatic heterocycles. The molecule has 41 heavy (non-hydrogen) atoms. The molecule has 1 fully saturated rings. The lowest BCUT2D eigenvalue weighted by Gasteiger charge is -2.36. The van der Waals surface area contributed by atoms with Crippen molar-refractivity contribution in [2.75, 3.05) is 63.6 Å². The monoisotopic (exact) mass is 574 g/mol. The number of halogens is 3. The van der Waals surface area contributed by atoms with E-state index in [0.717, 1.165) is 30.0 Å². The van der Waals surface area contributed by atoms with Gasteiger partial charge in [-0.3, -0.25) is 0 Å². The fourth-order valence-electron chi connectivity index (χ4n) is 4.49. The molecule has 3 heterocycles. The number of rotatable bonds is 8. The molecule has 0 atom stereocenters. The Morgan fingerprint density at radius 1 is 1.05 bits per heavy atom. The van der Waals surface area contributed by atoms with Gasteiger partial charge in [0.25, 0.3) is 0 Å². The molecule has 0 unspecified atom stereocenters. The van der Waals surface area contributed by atoms with E-state index in [1.807, 2.05) is 53.1 Å². The van der Waals surface area contributed by atoms with Crippen LogP contribution in [0.1, 0.15) is 27.2 Å². The topological polar surface area (TPSA) is 83.1 Å². The molecular formula is C29H37F3N6O3. The van der Waals surface area contributed by atoms with E-state index in [1.54, 1.807) is 17.2 Å². The molecule has 0 radical (unpaired) electrons. The number of hydrogen-bond donors (Lipinski definition) is 1. The summed E-state index contributed by atoms with van der Waals surface area (Å²) in [5.74, 6) is 0.438. The highest BCUT2D eigenvalue weighted by Crippen LogP contribution is 2.33. The highest BCUT2D eigenvalue weighted by Gasteiger charge is 2.31. The summed E-state index contributed by atoms with van der Waals surface area (Å²) < 4.78 is 48.2. The van der Waals surface area contributed by atoms with Crippen molar-refractivity contribution in [2.24, 2.45) is 0 Å². The Labute approximate surface area is 238 Å². The highest BCUT2D eigenvalue weighted by molar-refractivity contribution is 5.94. The van der Waals surface area contributed by atoms with Crippen molar-refractivity contribution in [2.45, 2.75) is 39.2 Å². The van der Waals surface area contributed by atoms with Gasteiger partial charge >= 0.3 is 12.5 Å². The van der Waals surface area contributed by atoms with Crippen molar-refractivity contribution in [1.82, 2.24) is 19.8 Å². The lowest BCUT2D eigenvalue weighted by atomic mass is 10.1. The molecule has 4 rings (SSSR count). The highest BCUT2D eigenvalue weighted by atomic mass is 19.4. The van der Waals surface area contributed by atoms with E-state index in [9.17, 15) is 18.0 Å². The Morgan fingerprint density at radius 3 is 2.39 bits per heavy atom. The van der Waals surface area contributed by atoms with Gasteiger partial charge in [0.2, 0.25) is 0 Å². The van der Waals surface area contributed by atoms with Crippen molar-refractivity contribution in [1.29, 1.82) is 0 Å². The molecule has 0 aliphatic carbocycles. The molecule has 0 saturated carbocycles. The van der Waals surface area contributed by atoms with Gasteiger partial charge < -0.3 is 29.5 Å². The number of anilines is 2. The minimum atomic E-state index is -4.79. The summed E-state index contributed by atoms with van der Waals surface area (Å²) in [6.45, 7) is 9.38. The molecule has 9 nitrogen and oxygen atoms in total. The number of ether oxygens (including phenoxy) is 2. The minimum Gasteiger partial charge on any atom is -0.444 e. The van der Waals surface area contributed by atoms with E-state index in [-0.39, 0.29) is 11.8 Å². The molecule has 1 aliphatic rings. The summed E-state index contributed by atoms with van der Waals surface area (Å²) in [5, 5.41) is 4.11. The average molecular weight is 575 g/mol. The fraction of sp³-hybridized carbons (Fsp3) is 0.483. The van der Waals surface area contributed by atoms with Crippen LogP contribution >= 0.6 is 0 Å². The first kappa shape index (κ1) is 30.2. The van der Waals surface area contributed by atoms with Gasteiger partial charge in [0.05, 0.1) is 11.2 Å². The predicted molar refractivity (Wildman–Crippen MR) is 153 cm³/mol. The van der Waals surface area contributed by atoms with Crippen LogP contribution in [0.15, 0.2) is 42.6 Å². The number of amides is 1. The average Bonchev–Trinajstić information content (AvgIpc) is 2.89. The number of fused-ring (bicyclic) bond motifs is 1. The second-order valence-corrected chi connectivity index (χ2v) is 11.2. The molecule has 3 aromatic rings. The Hall–Kier alpha value is -3.80. The quantitative estimate of drug-likeness (QED) is 0.348. The third-order valence-electron chi connectivity index (χ3n) is 6.41. The van der Waals surface area contributed by atoms with E-state index in [4.69, 9.17) is 4.74 Å². The molecule has 12 heteroatoms. The second kappa shape index (κ2) is 12.4. The van der Waals surface area contributed by atoms with Crippen LogP contribution in [0.25, 0.3) is 22.2 Å². The standard InChI is InChI=1S/C29H37F3N6O3/c1-28(2,3)41-27(39)38-15-13-37(14-16-38)26-10-7-20(19-34-26)23-18-24(33-11-6-12-36(4)5)22-9-8-21(17-25(22)35-23)40-29(30,31)32/h7-10,17-19H,6,11-16H2,1-5H3,(H,33,35). The number of aromatic nitrogens is 2. The second-order valence-electron chi connectivity index (χ2n) is 11.2. The molecule has 1 saturated heterocycles. The van der Waals surface area contributed by atoms with Crippen molar-refractivity contribution < 1.29 is 27.4 Å². The third-order valence-corrected chi connectivity index (χ3v) is 6.41. The summed E-state index contributed by atoms with van der Waals surface area (Å²) in [7, 11) is 4.00. The van der Waals surface area contributed by atoms with Crippen molar-refractivity contribution in [3.8, 4) is 17.0 Å². The van der Waals surface area contributed by atoms with Crippen LogP contribution in [0.2, 0.25) is 0 Å². The zero-order valence-corrected chi connectivity index (χ0v) is 24.1. The van der Waals surface area contributed by atoms with E-state index in [0.29, 0.717) is 49.3 Å². The van der Waals surface area contributed by atoms with Crippen LogP contribution in [-0.2, 0) is 4.74 Å². The number of piperazine rings is 1. The van der Waals surface area contributed by atoms with Gasteiger partial charge in [0.15, 0.2) is 0 Å².